The Bertz CT molecular complexity index is 711. The minimum Gasteiger partial charge on any atom is -0.343 e. The minimum absolute atomic E-state index is 0.159. The van der Waals surface area contributed by atoms with E-state index in [0.29, 0.717) is 32.6 Å². The molecule has 0 aliphatic carbocycles. The summed E-state index contributed by atoms with van der Waals surface area (Å²) in [6, 6.07) is 0. The highest BCUT2D eigenvalue weighted by Gasteiger charge is 2.27. The van der Waals surface area contributed by atoms with Gasteiger partial charge in [0.15, 0.2) is 0 Å². The lowest BCUT2D eigenvalue weighted by molar-refractivity contribution is -0.132. The molecule has 1 saturated heterocycles. The SMILES string of the molecule is CCn1c(C2CCN(C(=O)CCCn3cnnn3)CC2)n[nH]c1=O. The number of aryl methyl sites for hydroxylation is 1. The Kier molecular flexibility index (Phi) is 5.02. The van der Waals surface area contributed by atoms with Crippen LogP contribution >= 0.6 is 0 Å². The van der Waals surface area contributed by atoms with Gasteiger partial charge in [-0.15, -0.1) is 5.10 Å². The van der Waals surface area contributed by atoms with Crippen LogP contribution in [-0.4, -0.2) is 58.9 Å². The van der Waals surface area contributed by atoms with E-state index in [9.17, 15) is 9.59 Å². The van der Waals surface area contributed by atoms with Crippen LogP contribution < -0.4 is 5.69 Å². The second-order valence-corrected chi connectivity index (χ2v) is 5.96. The predicted octanol–water partition coefficient (Wildman–Crippen LogP) is -0.236. The van der Waals surface area contributed by atoms with Gasteiger partial charge in [0, 0.05) is 38.5 Å². The highest BCUT2D eigenvalue weighted by molar-refractivity contribution is 5.76. The number of nitrogens with zero attached hydrogens (tertiary/aromatic N) is 7. The Balaban J connectivity index is 1.47. The molecule has 0 unspecified atom stereocenters. The predicted molar refractivity (Wildman–Crippen MR) is 84.1 cm³/mol. The molecule has 1 aliphatic heterocycles. The first-order chi connectivity index (χ1) is 11.7. The summed E-state index contributed by atoms with van der Waals surface area (Å²) in [5.41, 5.74) is -0.159. The minimum atomic E-state index is -0.159. The number of hydrogen-bond acceptors (Lipinski definition) is 6. The zero-order valence-electron chi connectivity index (χ0n) is 13.8. The van der Waals surface area contributed by atoms with Crippen molar-refractivity contribution in [2.75, 3.05) is 13.1 Å². The van der Waals surface area contributed by atoms with E-state index in [1.807, 2.05) is 11.8 Å². The standard InChI is InChI=1S/C14H22N8O2/c1-2-22-13(16-17-14(22)24)11-5-8-20(9-6-11)12(23)4-3-7-21-10-15-18-19-21/h10-11H,2-9H2,1H3,(H,17,24). The second-order valence-electron chi connectivity index (χ2n) is 5.96. The van der Waals surface area contributed by atoms with Crippen molar-refractivity contribution in [1.82, 2.24) is 39.9 Å². The lowest BCUT2D eigenvalue weighted by Crippen LogP contribution is -2.38. The number of piperidine rings is 1. The Morgan fingerprint density at radius 2 is 2.17 bits per heavy atom. The lowest BCUT2D eigenvalue weighted by atomic mass is 9.95. The molecule has 24 heavy (non-hydrogen) atoms. The summed E-state index contributed by atoms with van der Waals surface area (Å²) in [5, 5.41) is 17.6. The van der Waals surface area contributed by atoms with Crippen molar-refractivity contribution in [2.45, 2.75) is 51.6 Å². The number of amides is 1. The van der Waals surface area contributed by atoms with E-state index in [1.165, 1.54) is 0 Å². The monoisotopic (exact) mass is 334 g/mol. The van der Waals surface area contributed by atoms with Gasteiger partial charge in [-0.1, -0.05) is 0 Å². The topological polar surface area (TPSA) is 115 Å². The van der Waals surface area contributed by atoms with E-state index >= 15 is 0 Å². The number of carbonyl (C=O) groups is 1. The van der Waals surface area contributed by atoms with Gasteiger partial charge in [-0.3, -0.25) is 9.36 Å². The third kappa shape index (κ3) is 3.52. The van der Waals surface area contributed by atoms with Crippen LogP contribution in [0.2, 0.25) is 0 Å². The molecule has 2 aromatic heterocycles. The van der Waals surface area contributed by atoms with E-state index in [1.54, 1.807) is 15.6 Å². The molecule has 3 heterocycles. The molecule has 0 spiro atoms. The number of aromatic amines is 1. The molecule has 0 saturated carbocycles. The summed E-state index contributed by atoms with van der Waals surface area (Å²) < 4.78 is 3.30. The van der Waals surface area contributed by atoms with Crippen LogP contribution in [0, 0.1) is 0 Å². The Morgan fingerprint density at radius 3 is 2.83 bits per heavy atom. The number of nitrogens with one attached hydrogen (secondary N) is 1. The van der Waals surface area contributed by atoms with Gasteiger partial charge in [0.1, 0.15) is 12.2 Å². The zero-order valence-corrected chi connectivity index (χ0v) is 13.8. The first-order valence-corrected chi connectivity index (χ1v) is 8.32. The molecule has 0 atom stereocenters. The van der Waals surface area contributed by atoms with Crippen molar-refractivity contribution in [3.63, 3.8) is 0 Å². The normalized spacial score (nSPS) is 15.8. The summed E-state index contributed by atoms with van der Waals surface area (Å²) in [4.78, 5) is 25.9. The molecule has 1 N–H and O–H groups in total. The maximum absolute atomic E-state index is 12.3. The quantitative estimate of drug-likeness (QED) is 0.780. The molecule has 3 rings (SSSR count). The molecule has 0 radical (unpaired) electrons. The summed E-state index contributed by atoms with van der Waals surface area (Å²) in [6.07, 6.45) is 4.43. The second kappa shape index (κ2) is 7.37. The molecular formula is C14H22N8O2. The molecule has 130 valence electrons. The number of aromatic nitrogens is 7. The summed E-state index contributed by atoms with van der Waals surface area (Å²) in [5.74, 6) is 1.21. The highest BCUT2D eigenvalue weighted by Crippen LogP contribution is 2.26. The molecule has 1 fully saturated rings. The average molecular weight is 334 g/mol. The number of H-pyrrole nitrogens is 1. The van der Waals surface area contributed by atoms with Crippen LogP contribution in [0.1, 0.15) is 44.3 Å². The molecule has 0 bridgehead atoms. The smallest absolute Gasteiger partial charge is 0.343 e. The third-order valence-corrected chi connectivity index (χ3v) is 4.49. The van der Waals surface area contributed by atoms with Crippen LogP contribution in [0.4, 0.5) is 0 Å². The van der Waals surface area contributed by atoms with Crippen LogP contribution in [0.3, 0.4) is 0 Å². The van der Waals surface area contributed by atoms with E-state index in [2.05, 4.69) is 25.7 Å². The summed E-state index contributed by atoms with van der Waals surface area (Å²) >= 11 is 0. The number of rotatable bonds is 6. The Hall–Kier alpha value is -2.52. The largest absolute Gasteiger partial charge is 0.343 e. The fourth-order valence-electron chi connectivity index (χ4n) is 3.17. The van der Waals surface area contributed by atoms with Crippen molar-refractivity contribution in [2.24, 2.45) is 0 Å². The van der Waals surface area contributed by atoms with Gasteiger partial charge in [-0.05, 0) is 36.6 Å². The molecule has 1 amide bonds. The molecule has 1 aliphatic rings. The zero-order chi connectivity index (χ0) is 16.9. The lowest BCUT2D eigenvalue weighted by Gasteiger charge is -2.31. The van der Waals surface area contributed by atoms with Gasteiger partial charge >= 0.3 is 5.69 Å². The van der Waals surface area contributed by atoms with E-state index in [-0.39, 0.29) is 17.5 Å². The van der Waals surface area contributed by atoms with Crippen molar-refractivity contribution >= 4 is 5.91 Å². The van der Waals surface area contributed by atoms with Crippen LogP contribution in [-0.2, 0) is 17.9 Å². The average Bonchev–Trinajstić information content (AvgIpc) is 3.24. The van der Waals surface area contributed by atoms with E-state index < -0.39 is 0 Å². The summed E-state index contributed by atoms with van der Waals surface area (Å²) in [6.45, 7) is 4.61. The first kappa shape index (κ1) is 16.3. The molecule has 2 aromatic rings. The maximum Gasteiger partial charge on any atom is 0.343 e. The van der Waals surface area contributed by atoms with Gasteiger partial charge in [0.05, 0.1) is 0 Å². The van der Waals surface area contributed by atoms with Gasteiger partial charge in [-0.25, -0.2) is 14.6 Å². The van der Waals surface area contributed by atoms with Gasteiger partial charge in [0.2, 0.25) is 5.91 Å². The summed E-state index contributed by atoms with van der Waals surface area (Å²) in [7, 11) is 0. The third-order valence-electron chi connectivity index (χ3n) is 4.49. The fourth-order valence-corrected chi connectivity index (χ4v) is 3.17. The van der Waals surface area contributed by atoms with Crippen molar-refractivity contribution in [3.05, 3.63) is 22.6 Å². The fraction of sp³-hybridized carbons (Fsp3) is 0.714. The number of hydrogen-bond donors (Lipinski definition) is 1. The number of likely N-dealkylation sites (tertiary alicyclic amines) is 1. The van der Waals surface area contributed by atoms with Crippen molar-refractivity contribution in [3.8, 4) is 0 Å². The molecule has 10 heteroatoms. The van der Waals surface area contributed by atoms with Crippen LogP contribution in [0.15, 0.2) is 11.1 Å². The van der Waals surface area contributed by atoms with Gasteiger partial charge in [0.25, 0.3) is 0 Å². The molecule has 0 aromatic carbocycles. The van der Waals surface area contributed by atoms with Gasteiger partial charge in [-0.2, -0.15) is 5.10 Å². The Morgan fingerprint density at radius 1 is 1.38 bits per heavy atom. The number of carbonyl (C=O) groups excluding carboxylic acids is 1. The molecular weight excluding hydrogens is 312 g/mol. The highest BCUT2D eigenvalue weighted by atomic mass is 16.2. The maximum atomic E-state index is 12.3. The van der Waals surface area contributed by atoms with Crippen molar-refractivity contribution in [1.29, 1.82) is 0 Å². The molecule has 10 nitrogen and oxygen atoms in total. The van der Waals surface area contributed by atoms with Crippen LogP contribution in [0.25, 0.3) is 0 Å². The first-order valence-electron chi connectivity index (χ1n) is 8.32. The number of tetrazole rings is 1. The van der Waals surface area contributed by atoms with E-state index in [0.717, 1.165) is 25.1 Å². The van der Waals surface area contributed by atoms with Crippen molar-refractivity contribution < 1.29 is 4.79 Å². The van der Waals surface area contributed by atoms with Crippen LogP contribution in [0.5, 0.6) is 0 Å². The Labute approximate surface area is 138 Å². The van der Waals surface area contributed by atoms with Gasteiger partial charge < -0.3 is 4.90 Å². The van der Waals surface area contributed by atoms with E-state index in [4.69, 9.17) is 0 Å².